The van der Waals surface area contributed by atoms with E-state index in [1.807, 2.05) is 0 Å². The van der Waals surface area contributed by atoms with Crippen molar-refractivity contribution in [3.63, 3.8) is 0 Å². The number of hydrogen-bond acceptors (Lipinski definition) is 7. The SMILES string of the molecule is COc1cc([C@@H]2CC(=O)NC(SCC(=O)Nc3ccc(F)cc3)=C2C#N)cc(OC)c1OC. The number of nitrogens with zero attached hydrogens (tertiary/aromatic N) is 1. The highest BCUT2D eigenvalue weighted by Crippen LogP contribution is 2.44. The van der Waals surface area contributed by atoms with Gasteiger partial charge in [-0.25, -0.2) is 4.39 Å². The fourth-order valence-electron chi connectivity index (χ4n) is 3.39. The van der Waals surface area contributed by atoms with Crippen LogP contribution in [0.25, 0.3) is 0 Å². The van der Waals surface area contributed by atoms with Crippen LogP contribution in [0.4, 0.5) is 10.1 Å². The summed E-state index contributed by atoms with van der Waals surface area (Å²) in [6, 6.07) is 10.9. The molecule has 172 valence electrons. The third kappa shape index (κ3) is 5.56. The minimum absolute atomic E-state index is 0.0490. The predicted octanol–water partition coefficient (Wildman–Crippen LogP) is 3.56. The van der Waals surface area contributed by atoms with Gasteiger partial charge in [0, 0.05) is 18.0 Å². The van der Waals surface area contributed by atoms with E-state index in [2.05, 4.69) is 16.7 Å². The van der Waals surface area contributed by atoms with E-state index in [1.54, 1.807) is 12.1 Å². The monoisotopic (exact) mass is 471 g/mol. The van der Waals surface area contributed by atoms with Crippen molar-refractivity contribution in [2.24, 2.45) is 0 Å². The van der Waals surface area contributed by atoms with Crippen molar-refractivity contribution in [2.45, 2.75) is 12.3 Å². The predicted molar refractivity (Wildman–Crippen MR) is 122 cm³/mol. The van der Waals surface area contributed by atoms with Crippen LogP contribution in [-0.4, -0.2) is 38.9 Å². The quantitative estimate of drug-likeness (QED) is 0.606. The smallest absolute Gasteiger partial charge is 0.234 e. The first-order valence-electron chi connectivity index (χ1n) is 9.82. The molecule has 1 heterocycles. The van der Waals surface area contributed by atoms with Crippen LogP contribution in [0.1, 0.15) is 17.9 Å². The van der Waals surface area contributed by atoms with Crippen molar-refractivity contribution in [1.82, 2.24) is 5.32 Å². The zero-order valence-electron chi connectivity index (χ0n) is 18.2. The molecule has 33 heavy (non-hydrogen) atoms. The van der Waals surface area contributed by atoms with Gasteiger partial charge in [-0.3, -0.25) is 9.59 Å². The van der Waals surface area contributed by atoms with Gasteiger partial charge in [0.2, 0.25) is 17.6 Å². The number of amides is 2. The molecule has 1 aliphatic heterocycles. The number of anilines is 1. The molecular formula is C23H22FN3O5S. The highest BCUT2D eigenvalue weighted by molar-refractivity contribution is 8.03. The van der Waals surface area contributed by atoms with Gasteiger partial charge < -0.3 is 24.8 Å². The molecule has 0 saturated heterocycles. The van der Waals surface area contributed by atoms with E-state index in [-0.39, 0.29) is 24.0 Å². The lowest BCUT2D eigenvalue weighted by molar-refractivity contribution is -0.121. The standard InChI is InChI=1S/C23H22FN3O5S/c1-30-18-8-13(9-19(31-2)22(18)32-3)16-10-20(28)27-23(17(16)11-25)33-12-21(29)26-15-6-4-14(24)5-7-15/h4-9,16H,10,12H2,1-3H3,(H,26,29)(H,27,28)/t16-/m0/s1. The summed E-state index contributed by atoms with van der Waals surface area (Å²) >= 11 is 1.04. The van der Waals surface area contributed by atoms with Crippen LogP contribution >= 0.6 is 11.8 Å². The van der Waals surface area contributed by atoms with Crippen LogP contribution in [0.15, 0.2) is 47.0 Å². The number of carbonyl (C=O) groups is 2. The van der Waals surface area contributed by atoms with Crippen LogP contribution in [-0.2, 0) is 9.59 Å². The number of rotatable bonds is 8. The Morgan fingerprint density at radius 1 is 1.18 bits per heavy atom. The minimum Gasteiger partial charge on any atom is -0.493 e. The van der Waals surface area contributed by atoms with E-state index >= 15 is 0 Å². The molecule has 2 aromatic rings. The molecule has 0 aromatic heterocycles. The molecule has 0 spiro atoms. The lowest BCUT2D eigenvalue weighted by atomic mass is 9.86. The Kier molecular flexibility index (Phi) is 7.79. The normalized spacial score (nSPS) is 15.4. The average molecular weight is 472 g/mol. The number of thioether (sulfide) groups is 1. The van der Waals surface area contributed by atoms with Gasteiger partial charge in [0.1, 0.15) is 5.82 Å². The first-order chi connectivity index (χ1) is 15.9. The Hall–Kier alpha value is -3.71. The first kappa shape index (κ1) is 23.9. The molecule has 2 amide bonds. The van der Waals surface area contributed by atoms with Crippen molar-refractivity contribution < 1.29 is 28.2 Å². The van der Waals surface area contributed by atoms with Crippen molar-refractivity contribution in [1.29, 1.82) is 5.26 Å². The molecule has 1 aliphatic rings. The van der Waals surface area contributed by atoms with Crippen LogP contribution in [0.2, 0.25) is 0 Å². The molecule has 0 bridgehead atoms. The van der Waals surface area contributed by atoms with Crippen molar-refractivity contribution >= 4 is 29.3 Å². The Morgan fingerprint density at radius 2 is 1.82 bits per heavy atom. The summed E-state index contributed by atoms with van der Waals surface area (Å²) in [6.07, 6.45) is 0.0490. The number of benzene rings is 2. The minimum atomic E-state index is -0.555. The fraction of sp³-hybridized carbons (Fsp3) is 0.261. The number of halogens is 1. The van der Waals surface area contributed by atoms with Gasteiger partial charge >= 0.3 is 0 Å². The molecule has 0 radical (unpaired) electrons. The Bertz CT molecular complexity index is 1100. The Morgan fingerprint density at radius 3 is 2.36 bits per heavy atom. The zero-order chi connectivity index (χ0) is 24.0. The van der Waals surface area contributed by atoms with E-state index in [0.717, 1.165) is 11.8 Å². The maximum absolute atomic E-state index is 13.0. The summed E-state index contributed by atoms with van der Waals surface area (Å²) in [5, 5.41) is 15.5. The van der Waals surface area contributed by atoms with Crippen LogP contribution < -0.4 is 24.8 Å². The van der Waals surface area contributed by atoms with Crippen molar-refractivity contribution in [3.05, 3.63) is 58.4 Å². The maximum atomic E-state index is 13.0. The van der Waals surface area contributed by atoms with Crippen molar-refractivity contribution in [3.8, 4) is 23.3 Å². The average Bonchev–Trinajstić information content (AvgIpc) is 2.82. The van der Waals surface area contributed by atoms with Gasteiger partial charge in [-0.1, -0.05) is 11.8 Å². The molecule has 2 aromatic carbocycles. The summed E-state index contributed by atoms with van der Waals surface area (Å²) in [5.41, 5.74) is 1.41. The van der Waals surface area contributed by atoms with Gasteiger partial charge in [-0.15, -0.1) is 0 Å². The second-order valence-corrected chi connectivity index (χ2v) is 7.95. The topological polar surface area (TPSA) is 110 Å². The molecular weight excluding hydrogens is 449 g/mol. The number of hydrogen-bond donors (Lipinski definition) is 2. The Labute approximate surface area is 194 Å². The number of methoxy groups -OCH3 is 3. The molecule has 0 saturated carbocycles. The highest BCUT2D eigenvalue weighted by atomic mass is 32.2. The first-order valence-corrected chi connectivity index (χ1v) is 10.8. The van der Waals surface area contributed by atoms with Crippen molar-refractivity contribution in [2.75, 3.05) is 32.4 Å². The summed E-state index contributed by atoms with van der Waals surface area (Å²) in [5.74, 6) is -0.450. The zero-order valence-corrected chi connectivity index (χ0v) is 19.0. The molecule has 0 fully saturated rings. The number of ether oxygens (including phenoxy) is 3. The van der Waals surface area contributed by atoms with Gasteiger partial charge in [0.25, 0.3) is 0 Å². The summed E-state index contributed by atoms with van der Waals surface area (Å²) in [6.45, 7) is 0. The van der Waals surface area contributed by atoms with Crippen LogP contribution in [0, 0.1) is 17.1 Å². The number of nitrogens with one attached hydrogen (secondary N) is 2. The largest absolute Gasteiger partial charge is 0.493 e. The molecule has 0 unspecified atom stereocenters. The maximum Gasteiger partial charge on any atom is 0.234 e. The molecule has 3 rings (SSSR count). The second-order valence-electron chi connectivity index (χ2n) is 6.96. The molecule has 1 atom stereocenters. The van der Waals surface area contributed by atoms with Gasteiger partial charge in [-0.05, 0) is 42.0 Å². The lowest BCUT2D eigenvalue weighted by Crippen LogP contribution is -2.31. The fourth-order valence-corrected chi connectivity index (χ4v) is 4.27. The van der Waals surface area contributed by atoms with E-state index in [9.17, 15) is 19.2 Å². The van der Waals surface area contributed by atoms with Gasteiger partial charge in [0.15, 0.2) is 11.5 Å². The number of allylic oxidation sites excluding steroid dienone is 1. The number of carbonyl (C=O) groups excluding carboxylic acids is 2. The van der Waals surface area contributed by atoms with Crippen LogP contribution in [0.5, 0.6) is 17.2 Å². The molecule has 0 aliphatic carbocycles. The second kappa shape index (κ2) is 10.7. The summed E-state index contributed by atoms with van der Waals surface area (Å²) in [7, 11) is 4.45. The summed E-state index contributed by atoms with van der Waals surface area (Å²) < 4.78 is 29.2. The molecule has 10 heteroatoms. The van der Waals surface area contributed by atoms with Crippen LogP contribution in [0.3, 0.4) is 0 Å². The summed E-state index contributed by atoms with van der Waals surface area (Å²) in [4.78, 5) is 24.7. The highest BCUT2D eigenvalue weighted by Gasteiger charge is 2.31. The number of nitriles is 1. The third-order valence-corrected chi connectivity index (χ3v) is 5.94. The van der Waals surface area contributed by atoms with E-state index in [1.165, 1.54) is 45.6 Å². The Balaban J connectivity index is 1.85. The lowest BCUT2D eigenvalue weighted by Gasteiger charge is -2.26. The van der Waals surface area contributed by atoms with E-state index in [4.69, 9.17) is 14.2 Å². The molecule has 8 nitrogen and oxygen atoms in total. The van der Waals surface area contributed by atoms with E-state index in [0.29, 0.717) is 39.1 Å². The molecule has 2 N–H and O–H groups in total. The van der Waals surface area contributed by atoms with Gasteiger partial charge in [-0.2, -0.15) is 5.26 Å². The van der Waals surface area contributed by atoms with Gasteiger partial charge in [0.05, 0.1) is 43.8 Å². The van der Waals surface area contributed by atoms with E-state index < -0.39 is 11.7 Å². The third-order valence-electron chi connectivity index (χ3n) is 4.92.